The highest BCUT2D eigenvalue weighted by Crippen LogP contribution is 2.44. The Morgan fingerprint density at radius 3 is 1.58 bits per heavy atom. The zero-order valence-electron chi connectivity index (χ0n) is 33.2. The molecule has 7 heteroatoms. The summed E-state index contributed by atoms with van der Waals surface area (Å²) in [6.45, 7) is 0. The molecule has 0 amide bonds. The van der Waals surface area contributed by atoms with Crippen LogP contribution < -0.4 is 0 Å². The first-order valence-corrected chi connectivity index (χ1v) is 21.4. The van der Waals surface area contributed by atoms with Crippen molar-refractivity contribution in [1.82, 2.24) is 29.5 Å². The second kappa shape index (κ2) is 14.9. The van der Waals surface area contributed by atoms with Crippen LogP contribution in [0.25, 0.3) is 116 Å². The van der Waals surface area contributed by atoms with Crippen LogP contribution in [0.4, 0.5) is 0 Å². The van der Waals surface area contributed by atoms with Crippen molar-refractivity contribution in [2.24, 2.45) is 0 Å². The Bertz CT molecular complexity index is 3560. The lowest BCUT2D eigenvalue weighted by molar-refractivity contribution is 1.07. The molecule has 0 radical (unpaired) electrons. The van der Waals surface area contributed by atoms with Gasteiger partial charge in [-0.2, -0.15) is 0 Å². The van der Waals surface area contributed by atoms with Gasteiger partial charge in [-0.1, -0.05) is 170 Å². The predicted molar refractivity (Wildman–Crippen MR) is 255 cm³/mol. The number of nitrogens with zero attached hydrogens (tertiary/aromatic N) is 6. The minimum absolute atomic E-state index is 0.560. The number of fused-ring (bicyclic) bond motifs is 6. The molecule has 62 heavy (non-hydrogen) atoms. The molecule has 290 valence electrons. The summed E-state index contributed by atoms with van der Waals surface area (Å²) >= 11 is 1.73. The van der Waals surface area contributed by atoms with Gasteiger partial charge < -0.3 is 4.57 Å². The Kier molecular flexibility index (Phi) is 8.57. The molecule has 4 aromatic heterocycles. The fourth-order valence-corrected chi connectivity index (χ4v) is 9.78. The summed E-state index contributed by atoms with van der Waals surface area (Å²) in [5.41, 5.74) is 11.8. The molecule has 0 fully saturated rings. The van der Waals surface area contributed by atoms with Gasteiger partial charge >= 0.3 is 0 Å². The lowest BCUT2D eigenvalue weighted by atomic mass is 9.99. The summed E-state index contributed by atoms with van der Waals surface area (Å²) < 4.78 is 4.60. The summed E-state index contributed by atoms with van der Waals surface area (Å²) in [7, 11) is 0. The normalized spacial score (nSPS) is 11.5. The molecule has 0 atom stereocenters. The smallest absolute Gasteiger partial charge is 0.164 e. The second-order valence-corrected chi connectivity index (χ2v) is 16.3. The average molecular weight is 811 g/mol. The van der Waals surface area contributed by atoms with Crippen LogP contribution in [-0.4, -0.2) is 29.5 Å². The third-order valence-corrected chi connectivity index (χ3v) is 12.7. The molecule has 0 aliphatic carbocycles. The van der Waals surface area contributed by atoms with Gasteiger partial charge in [0.25, 0.3) is 0 Å². The number of benzene rings is 8. The monoisotopic (exact) mass is 810 g/mol. The van der Waals surface area contributed by atoms with Gasteiger partial charge in [0.15, 0.2) is 23.3 Å². The predicted octanol–water partition coefficient (Wildman–Crippen LogP) is 14.1. The standard InChI is InChI=1S/C55H34N6S/c1-5-18-35(19-6-1)40-28-17-30-46-48(40)41-26-13-15-29-44(41)61(46)45-33-32-39(54-59-52(37-22-9-3-10-23-37)58-53(60-54)38-24-11-4-12-25-38)34-43(45)55-56-49(36-20-7-2-8-21-36)51-50(57-55)42-27-14-16-31-47(42)62-51/h1-34H. The molecule has 0 bridgehead atoms. The van der Waals surface area contributed by atoms with Crippen LogP contribution in [-0.2, 0) is 0 Å². The van der Waals surface area contributed by atoms with Crippen LogP contribution in [0.3, 0.4) is 0 Å². The van der Waals surface area contributed by atoms with Crippen LogP contribution in [0.1, 0.15) is 0 Å². The number of hydrogen-bond donors (Lipinski definition) is 0. The first-order chi connectivity index (χ1) is 30.7. The van der Waals surface area contributed by atoms with Crippen molar-refractivity contribution in [1.29, 1.82) is 0 Å². The third-order valence-electron chi connectivity index (χ3n) is 11.5. The fourth-order valence-electron chi connectivity index (χ4n) is 8.63. The van der Waals surface area contributed by atoms with Gasteiger partial charge in [0, 0.05) is 48.7 Å². The van der Waals surface area contributed by atoms with Crippen LogP contribution in [0.2, 0.25) is 0 Å². The highest BCUT2D eigenvalue weighted by atomic mass is 32.1. The molecule has 12 aromatic rings. The van der Waals surface area contributed by atoms with E-state index in [9.17, 15) is 0 Å². The molecule has 0 spiro atoms. The van der Waals surface area contributed by atoms with Gasteiger partial charge in [-0.3, -0.25) is 0 Å². The molecule has 0 saturated carbocycles. The maximum Gasteiger partial charge on any atom is 0.164 e. The van der Waals surface area contributed by atoms with E-state index in [1.807, 2.05) is 66.7 Å². The van der Waals surface area contributed by atoms with E-state index >= 15 is 0 Å². The first kappa shape index (κ1) is 35.8. The zero-order chi connectivity index (χ0) is 41.0. The summed E-state index contributed by atoms with van der Waals surface area (Å²) in [4.78, 5) is 26.3. The van der Waals surface area contributed by atoms with Crippen LogP contribution in [0, 0.1) is 0 Å². The minimum Gasteiger partial charge on any atom is -0.308 e. The van der Waals surface area contributed by atoms with Gasteiger partial charge in [-0.25, -0.2) is 24.9 Å². The van der Waals surface area contributed by atoms with Crippen molar-refractivity contribution in [2.75, 3.05) is 0 Å². The Hall–Kier alpha value is -8.13. The van der Waals surface area contributed by atoms with E-state index in [-0.39, 0.29) is 0 Å². The Labute approximate surface area is 361 Å². The van der Waals surface area contributed by atoms with Crippen molar-refractivity contribution < 1.29 is 0 Å². The SMILES string of the molecule is c1ccc(-c2nc(-c3ccccc3)nc(-c3ccc(-n4c5ccccc5c5c(-c6ccccc6)cccc54)c(-c4nc(-c5ccccc5)c5sc6ccccc6c5n4)c3)n2)cc1. The molecule has 12 rings (SSSR count). The van der Waals surface area contributed by atoms with E-state index < -0.39 is 0 Å². The maximum absolute atomic E-state index is 5.53. The van der Waals surface area contributed by atoms with E-state index in [1.165, 1.54) is 26.6 Å². The van der Waals surface area contributed by atoms with E-state index in [0.717, 1.165) is 65.8 Å². The van der Waals surface area contributed by atoms with Crippen LogP contribution >= 0.6 is 11.3 Å². The molecule has 6 nitrogen and oxygen atoms in total. The van der Waals surface area contributed by atoms with Crippen LogP contribution in [0.15, 0.2) is 206 Å². The van der Waals surface area contributed by atoms with Crippen molar-refractivity contribution >= 4 is 53.4 Å². The number of aromatic nitrogens is 6. The second-order valence-electron chi connectivity index (χ2n) is 15.2. The zero-order valence-corrected chi connectivity index (χ0v) is 34.0. The number of thiophene rings is 1. The summed E-state index contributed by atoms with van der Waals surface area (Å²) in [6.07, 6.45) is 0. The summed E-state index contributed by atoms with van der Waals surface area (Å²) in [5, 5.41) is 3.46. The fraction of sp³-hybridized carbons (Fsp3) is 0. The minimum atomic E-state index is 0.560. The highest BCUT2D eigenvalue weighted by molar-refractivity contribution is 7.26. The van der Waals surface area contributed by atoms with Crippen molar-refractivity contribution in [3.05, 3.63) is 206 Å². The van der Waals surface area contributed by atoms with E-state index in [4.69, 9.17) is 24.9 Å². The largest absolute Gasteiger partial charge is 0.308 e. The van der Waals surface area contributed by atoms with Gasteiger partial charge in [0.2, 0.25) is 0 Å². The first-order valence-electron chi connectivity index (χ1n) is 20.6. The van der Waals surface area contributed by atoms with Gasteiger partial charge in [-0.05, 0) is 47.5 Å². The van der Waals surface area contributed by atoms with E-state index in [1.54, 1.807) is 11.3 Å². The topological polar surface area (TPSA) is 69.4 Å². The Morgan fingerprint density at radius 2 is 0.903 bits per heavy atom. The molecule has 0 N–H and O–H groups in total. The molecule has 0 unspecified atom stereocenters. The quantitative estimate of drug-likeness (QED) is 0.160. The van der Waals surface area contributed by atoms with E-state index in [2.05, 4.69) is 144 Å². The third kappa shape index (κ3) is 6.06. The number of para-hydroxylation sites is 1. The van der Waals surface area contributed by atoms with E-state index in [0.29, 0.717) is 23.3 Å². The molecule has 0 saturated heterocycles. The van der Waals surface area contributed by atoms with Crippen molar-refractivity contribution in [2.45, 2.75) is 0 Å². The molecule has 0 aliphatic heterocycles. The van der Waals surface area contributed by atoms with Gasteiger partial charge in [0.05, 0.1) is 32.6 Å². The average Bonchev–Trinajstić information content (AvgIpc) is 3.90. The summed E-state index contributed by atoms with van der Waals surface area (Å²) in [5.74, 6) is 2.38. The van der Waals surface area contributed by atoms with Crippen molar-refractivity contribution in [3.63, 3.8) is 0 Å². The maximum atomic E-state index is 5.53. The molecule has 0 aliphatic rings. The molecule has 4 heterocycles. The van der Waals surface area contributed by atoms with Crippen molar-refractivity contribution in [3.8, 4) is 73.6 Å². The Morgan fingerprint density at radius 1 is 0.355 bits per heavy atom. The molecular formula is C55H34N6S. The molecule has 8 aromatic carbocycles. The number of rotatable bonds is 7. The highest BCUT2D eigenvalue weighted by Gasteiger charge is 2.23. The lowest BCUT2D eigenvalue weighted by Crippen LogP contribution is -2.03. The molecular weight excluding hydrogens is 777 g/mol. The van der Waals surface area contributed by atoms with Crippen LogP contribution in [0.5, 0.6) is 0 Å². The number of hydrogen-bond acceptors (Lipinski definition) is 6. The van der Waals surface area contributed by atoms with Gasteiger partial charge in [0.1, 0.15) is 0 Å². The lowest BCUT2D eigenvalue weighted by Gasteiger charge is -2.16. The summed E-state index contributed by atoms with van der Waals surface area (Å²) in [6, 6.07) is 71.5. The Balaban J connectivity index is 1.18. The van der Waals surface area contributed by atoms with Gasteiger partial charge in [-0.15, -0.1) is 11.3 Å².